The molecular weight excluding hydrogens is 264 g/mol. The molecule has 19 heavy (non-hydrogen) atoms. The SMILES string of the molecule is CCN(C(C)Nc1ccc(C=O)c(C)c1)S(C)(=O)=O. The van der Waals surface area contributed by atoms with Gasteiger partial charge in [0, 0.05) is 17.8 Å². The van der Waals surface area contributed by atoms with E-state index in [0.717, 1.165) is 17.5 Å². The van der Waals surface area contributed by atoms with Crippen LogP contribution in [0, 0.1) is 6.92 Å². The Morgan fingerprint density at radius 1 is 1.42 bits per heavy atom. The van der Waals surface area contributed by atoms with Crippen molar-refractivity contribution >= 4 is 22.0 Å². The molecular formula is C13H20N2O3S. The predicted molar refractivity (Wildman–Crippen MR) is 76.9 cm³/mol. The van der Waals surface area contributed by atoms with E-state index in [1.807, 2.05) is 13.0 Å². The van der Waals surface area contributed by atoms with Gasteiger partial charge in [-0.25, -0.2) is 8.42 Å². The number of hydrogen-bond acceptors (Lipinski definition) is 4. The second-order valence-corrected chi connectivity index (χ2v) is 6.41. The first kappa shape index (κ1) is 15.7. The summed E-state index contributed by atoms with van der Waals surface area (Å²) in [4.78, 5) is 10.7. The fourth-order valence-electron chi connectivity index (χ4n) is 2.01. The topological polar surface area (TPSA) is 66.5 Å². The fraction of sp³-hybridized carbons (Fsp3) is 0.462. The Balaban J connectivity index is 2.90. The first-order chi connectivity index (χ1) is 8.79. The zero-order valence-electron chi connectivity index (χ0n) is 11.7. The van der Waals surface area contributed by atoms with Crippen LogP contribution >= 0.6 is 0 Å². The third kappa shape index (κ3) is 4.04. The zero-order valence-corrected chi connectivity index (χ0v) is 12.5. The van der Waals surface area contributed by atoms with Crippen LogP contribution in [0.1, 0.15) is 29.8 Å². The van der Waals surface area contributed by atoms with Gasteiger partial charge in [-0.2, -0.15) is 4.31 Å². The summed E-state index contributed by atoms with van der Waals surface area (Å²) >= 11 is 0. The first-order valence-electron chi connectivity index (χ1n) is 6.08. The van der Waals surface area contributed by atoms with Crippen LogP contribution in [0.5, 0.6) is 0 Å². The number of carbonyl (C=O) groups excluding carboxylic acids is 1. The molecule has 5 nitrogen and oxygen atoms in total. The monoisotopic (exact) mass is 284 g/mol. The number of nitrogens with one attached hydrogen (secondary N) is 1. The van der Waals surface area contributed by atoms with Gasteiger partial charge in [0.25, 0.3) is 0 Å². The average Bonchev–Trinajstić information content (AvgIpc) is 2.28. The molecule has 0 aliphatic rings. The van der Waals surface area contributed by atoms with E-state index in [-0.39, 0.29) is 6.17 Å². The summed E-state index contributed by atoms with van der Waals surface area (Å²) in [7, 11) is -3.24. The van der Waals surface area contributed by atoms with Crippen molar-refractivity contribution in [3.63, 3.8) is 0 Å². The van der Waals surface area contributed by atoms with Gasteiger partial charge in [-0.15, -0.1) is 0 Å². The van der Waals surface area contributed by atoms with Crippen LogP contribution in [0.25, 0.3) is 0 Å². The molecule has 106 valence electrons. The maximum absolute atomic E-state index is 11.6. The van der Waals surface area contributed by atoms with Crippen molar-refractivity contribution in [2.75, 3.05) is 18.1 Å². The molecule has 1 atom stereocenters. The summed E-state index contributed by atoms with van der Waals surface area (Å²) < 4.78 is 24.6. The first-order valence-corrected chi connectivity index (χ1v) is 7.93. The van der Waals surface area contributed by atoms with Crippen molar-refractivity contribution in [2.45, 2.75) is 26.9 Å². The van der Waals surface area contributed by atoms with Crippen molar-refractivity contribution < 1.29 is 13.2 Å². The van der Waals surface area contributed by atoms with E-state index >= 15 is 0 Å². The van der Waals surface area contributed by atoms with Crippen molar-refractivity contribution in [3.05, 3.63) is 29.3 Å². The number of benzene rings is 1. The fourth-order valence-corrected chi connectivity index (χ4v) is 3.10. The maximum Gasteiger partial charge on any atom is 0.212 e. The Morgan fingerprint density at radius 2 is 2.05 bits per heavy atom. The number of carbonyl (C=O) groups is 1. The molecule has 0 heterocycles. The minimum Gasteiger partial charge on any atom is -0.369 e. The van der Waals surface area contributed by atoms with E-state index in [1.54, 1.807) is 26.0 Å². The van der Waals surface area contributed by atoms with Gasteiger partial charge in [0.1, 0.15) is 6.29 Å². The number of hydrogen-bond donors (Lipinski definition) is 1. The summed E-state index contributed by atoms with van der Waals surface area (Å²) in [6.45, 7) is 5.82. The number of aldehydes is 1. The second-order valence-electron chi connectivity index (χ2n) is 4.48. The van der Waals surface area contributed by atoms with E-state index in [9.17, 15) is 13.2 Å². The lowest BCUT2D eigenvalue weighted by atomic mass is 10.1. The highest BCUT2D eigenvalue weighted by molar-refractivity contribution is 7.88. The molecule has 1 aromatic rings. The van der Waals surface area contributed by atoms with Crippen molar-refractivity contribution in [2.24, 2.45) is 0 Å². The Kier molecular flexibility index (Phi) is 5.08. The van der Waals surface area contributed by atoms with Crippen molar-refractivity contribution in [1.82, 2.24) is 4.31 Å². The predicted octanol–water partition coefficient (Wildman–Crippen LogP) is 1.85. The van der Waals surface area contributed by atoms with E-state index in [2.05, 4.69) is 5.32 Å². The van der Waals surface area contributed by atoms with Gasteiger partial charge in [0.05, 0.1) is 12.4 Å². The molecule has 0 aliphatic carbocycles. The number of anilines is 1. The van der Waals surface area contributed by atoms with E-state index in [1.165, 1.54) is 10.6 Å². The lowest BCUT2D eigenvalue weighted by Crippen LogP contribution is -2.42. The van der Waals surface area contributed by atoms with Crippen molar-refractivity contribution in [1.29, 1.82) is 0 Å². The van der Waals surface area contributed by atoms with Crippen LogP contribution in [-0.4, -0.2) is 38.0 Å². The van der Waals surface area contributed by atoms with Crippen LogP contribution in [0.4, 0.5) is 5.69 Å². The molecule has 6 heteroatoms. The molecule has 0 saturated carbocycles. The molecule has 1 N–H and O–H groups in total. The third-order valence-electron chi connectivity index (χ3n) is 2.94. The highest BCUT2D eigenvalue weighted by Gasteiger charge is 2.21. The van der Waals surface area contributed by atoms with E-state index < -0.39 is 10.0 Å². The summed E-state index contributed by atoms with van der Waals surface area (Å²) in [5, 5.41) is 3.12. The highest BCUT2D eigenvalue weighted by atomic mass is 32.2. The van der Waals surface area contributed by atoms with Gasteiger partial charge in [0.2, 0.25) is 10.0 Å². The van der Waals surface area contributed by atoms with Crippen LogP contribution in [0.2, 0.25) is 0 Å². The molecule has 0 radical (unpaired) electrons. The average molecular weight is 284 g/mol. The Labute approximate surface area is 114 Å². The van der Waals surface area contributed by atoms with E-state index in [0.29, 0.717) is 12.1 Å². The molecule has 0 spiro atoms. The molecule has 0 bridgehead atoms. The standard InChI is InChI=1S/C13H20N2O3S/c1-5-15(19(4,17)18)11(3)14-13-7-6-12(9-16)10(2)8-13/h6-9,11,14H,5H2,1-4H3. The Morgan fingerprint density at radius 3 is 2.47 bits per heavy atom. The molecule has 0 amide bonds. The van der Waals surface area contributed by atoms with E-state index in [4.69, 9.17) is 0 Å². The number of sulfonamides is 1. The van der Waals surface area contributed by atoms with Crippen LogP contribution in [0.15, 0.2) is 18.2 Å². The zero-order chi connectivity index (χ0) is 14.6. The second kappa shape index (κ2) is 6.16. The number of nitrogens with zero attached hydrogens (tertiary/aromatic N) is 1. The summed E-state index contributed by atoms with van der Waals surface area (Å²) in [6, 6.07) is 5.31. The molecule has 1 unspecified atom stereocenters. The molecule has 1 aromatic carbocycles. The molecule has 1 rings (SSSR count). The van der Waals surface area contributed by atoms with Gasteiger partial charge in [0.15, 0.2) is 0 Å². The lowest BCUT2D eigenvalue weighted by molar-refractivity contribution is 0.112. The van der Waals surface area contributed by atoms with Gasteiger partial charge in [-0.1, -0.05) is 6.92 Å². The molecule has 0 aliphatic heterocycles. The van der Waals surface area contributed by atoms with Gasteiger partial charge in [-0.05, 0) is 37.6 Å². The molecule has 0 aromatic heterocycles. The maximum atomic E-state index is 11.6. The summed E-state index contributed by atoms with van der Waals surface area (Å²) in [6.07, 6.45) is 1.65. The van der Waals surface area contributed by atoms with Crippen molar-refractivity contribution in [3.8, 4) is 0 Å². The normalized spacial score (nSPS) is 13.3. The Bertz CT molecular complexity index is 555. The molecule has 0 fully saturated rings. The Hall–Kier alpha value is -1.40. The minimum atomic E-state index is -3.24. The van der Waals surface area contributed by atoms with Crippen LogP contribution in [0.3, 0.4) is 0 Å². The van der Waals surface area contributed by atoms with Gasteiger partial charge >= 0.3 is 0 Å². The third-order valence-corrected chi connectivity index (χ3v) is 4.37. The molecule has 0 saturated heterocycles. The van der Waals surface area contributed by atoms with Crippen LogP contribution < -0.4 is 5.32 Å². The number of aryl methyl sites for hydroxylation is 1. The van der Waals surface area contributed by atoms with Crippen LogP contribution in [-0.2, 0) is 10.0 Å². The quantitative estimate of drug-likeness (QED) is 0.639. The minimum absolute atomic E-state index is 0.346. The summed E-state index contributed by atoms with van der Waals surface area (Å²) in [5.41, 5.74) is 2.28. The largest absolute Gasteiger partial charge is 0.369 e. The number of rotatable bonds is 6. The lowest BCUT2D eigenvalue weighted by Gasteiger charge is -2.27. The summed E-state index contributed by atoms with van der Waals surface area (Å²) in [5.74, 6) is 0. The smallest absolute Gasteiger partial charge is 0.212 e. The highest BCUT2D eigenvalue weighted by Crippen LogP contribution is 2.16. The van der Waals surface area contributed by atoms with Gasteiger partial charge in [-0.3, -0.25) is 4.79 Å². The van der Waals surface area contributed by atoms with Gasteiger partial charge < -0.3 is 5.32 Å².